The first-order chi connectivity index (χ1) is 12.3. The molecule has 0 atom stereocenters. The molecule has 25 heavy (non-hydrogen) atoms. The van der Waals surface area contributed by atoms with Crippen molar-refractivity contribution in [2.75, 3.05) is 23.7 Å². The molecular weight excluding hydrogens is 332 g/mol. The normalized spacial score (nSPS) is 10.4. The molecule has 1 heterocycles. The third kappa shape index (κ3) is 5.76. The second-order valence-electron chi connectivity index (χ2n) is 5.73. The van der Waals surface area contributed by atoms with E-state index in [0.29, 0.717) is 5.95 Å². The largest absolute Gasteiger partial charge is 0.370 e. The first-order valence-electron chi connectivity index (χ1n) is 8.39. The molecule has 3 aromatic rings. The molecule has 3 rings (SSSR count). The molecule has 0 saturated carbocycles. The summed E-state index contributed by atoms with van der Waals surface area (Å²) >= 11 is 5.90. The summed E-state index contributed by atoms with van der Waals surface area (Å²) in [6.07, 6.45) is 3.62. The van der Waals surface area contributed by atoms with Crippen LogP contribution >= 0.6 is 11.6 Å². The topological polar surface area (TPSA) is 49.8 Å². The van der Waals surface area contributed by atoms with Crippen LogP contribution in [0.15, 0.2) is 66.9 Å². The number of hydrogen-bond donors (Lipinski definition) is 2. The third-order valence-electron chi connectivity index (χ3n) is 3.83. The van der Waals surface area contributed by atoms with Gasteiger partial charge in [-0.05, 0) is 42.2 Å². The summed E-state index contributed by atoms with van der Waals surface area (Å²) in [5, 5.41) is 7.36. The molecule has 0 unspecified atom stereocenters. The van der Waals surface area contributed by atoms with Crippen LogP contribution in [0.5, 0.6) is 0 Å². The predicted octanol–water partition coefficient (Wildman–Crippen LogP) is 4.44. The van der Waals surface area contributed by atoms with Gasteiger partial charge in [0.1, 0.15) is 5.82 Å². The minimum absolute atomic E-state index is 0.638. The Balaban J connectivity index is 1.45. The predicted molar refractivity (Wildman–Crippen MR) is 104 cm³/mol. The van der Waals surface area contributed by atoms with Gasteiger partial charge in [0.05, 0.1) is 0 Å². The number of halogens is 1. The Morgan fingerprint density at radius 2 is 1.44 bits per heavy atom. The van der Waals surface area contributed by atoms with Gasteiger partial charge < -0.3 is 10.6 Å². The van der Waals surface area contributed by atoms with E-state index in [1.54, 1.807) is 6.20 Å². The SMILES string of the molecule is Clc1ccc(CCNc2nccc(NCCc3ccccc3)n2)cc1. The van der Waals surface area contributed by atoms with Gasteiger partial charge in [-0.1, -0.05) is 54.1 Å². The third-order valence-corrected chi connectivity index (χ3v) is 4.08. The van der Waals surface area contributed by atoms with E-state index in [9.17, 15) is 0 Å². The maximum atomic E-state index is 5.90. The monoisotopic (exact) mass is 352 g/mol. The summed E-state index contributed by atoms with van der Waals surface area (Å²) in [6.45, 7) is 1.61. The molecule has 0 amide bonds. The number of nitrogens with zero attached hydrogens (tertiary/aromatic N) is 2. The second-order valence-corrected chi connectivity index (χ2v) is 6.17. The lowest BCUT2D eigenvalue weighted by Gasteiger charge is -2.08. The number of hydrogen-bond acceptors (Lipinski definition) is 4. The van der Waals surface area contributed by atoms with Gasteiger partial charge >= 0.3 is 0 Å². The Bertz CT molecular complexity index is 775. The summed E-state index contributed by atoms with van der Waals surface area (Å²) in [6, 6.07) is 20.2. The van der Waals surface area contributed by atoms with Gasteiger partial charge in [-0.25, -0.2) is 4.98 Å². The van der Waals surface area contributed by atoms with Crippen molar-refractivity contribution >= 4 is 23.4 Å². The number of nitrogens with one attached hydrogen (secondary N) is 2. The molecule has 2 N–H and O–H groups in total. The van der Waals surface area contributed by atoms with Crippen LogP contribution in [0.3, 0.4) is 0 Å². The Morgan fingerprint density at radius 1 is 0.760 bits per heavy atom. The van der Waals surface area contributed by atoms with Gasteiger partial charge in [-0.2, -0.15) is 4.98 Å². The number of rotatable bonds is 8. The van der Waals surface area contributed by atoms with Gasteiger partial charge in [-0.15, -0.1) is 0 Å². The molecule has 2 aromatic carbocycles. The molecule has 128 valence electrons. The highest BCUT2D eigenvalue weighted by Gasteiger charge is 2.00. The lowest BCUT2D eigenvalue weighted by atomic mass is 10.1. The molecule has 0 fully saturated rings. The zero-order valence-electron chi connectivity index (χ0n) is 14.0. The fraction of sp³-hybridized carbons (Fsp3) is 0.200. The smallest absolute Gasteiger partial charge is 0.224 e. The van der Waals surface area contributed by atoms with Crippen LogP contribution in [0.1, 0.15) is 11.1 Å². The van der Waals surface area contributed by atoms with Crippen molar-refractivity contribution in [1.82, 2.24) is 9.97 Å². The number of aromatic nitrogens is 2. The molecule has 1 aromatic heterocycles. The quantitative estimate of drug-likeness (QED) is 0.629. The van der Waals surface area contributed by atoms with Crippen molar-refractivity contribution in [3.05, 3.63) is 83.0 Å². The van der Waals surface area contributed by atoms with Gasteiger partial charge in [-0.3, -0.25) is 0 Å². The Kier molecular flexibility index (Phi) is 6.23. The molecule has 0 spiro atoms. The molecule has 4 nitrogen and oxygen atoms in total. The second kappa shape index (κ2) is 9.04. The van der Waals surface area contributed by atoms with Crippen molar-refractivity contribution in [3.63, 3.8) is 0 Å². The van der Waals surface area contributed by atoms with Crippen molar-refractivity contribution in [2.24, 2.45) is 0 Å². The van der Waals surface area contributed by atoms with Crippen LogP contribution in [0.2, 0.25) is 5.02 Å². The number of anilines is 2. The molecular formula is C20H21ClN4. The average molecular weight is 353 g/mol. The molecule has 0 bridgehead atoms. The maximum absolute atomic E-state index is 5.90. The molecule has 0 radical (unpaired) electrons. The summed E-state index contributed by atoms with van der Waals surface area (Å²) in [4.78, 5) is 8.76. The Hall–Kier alpha value is -2.59. The lowest BCUT2D eigenvalue weighted by Crippen LogP contribution is -2.10. The van der Waals surface area contributed by atoms with E-state index in [1.165, 1.54) is 11.1 Å². The first-order valence-corrected chi connectivity index (χ1v) is 8.76. The zero-order chi connectivity index (χ0) is 17.3. The summed E-state index contributed by atoms with van der Waals surface area (Å²) < 4.78 is 0. The van der Waals surface area contributed by atoms with Gasteiger partial charge in [0.25, 0.3) is 0 Å². The van der Waals surface area contributed by atoms with E-state index < -0.39 is 0 Å². The Morgan fingerprint density at radius 3 is 2.20 bits per heavy atom. The van der Waals surface area contributed by atoms with Crippen LogP contribution in [0, 0.1) is 0 Å². The lowest BCUT2D eigenvalue weighted by molar-refractivity contribution is 0.970. The Labute approximate surface area is 153 Å². The van der Waals surface area contributed by atoms with Gasteiger partial charge in [0.15, 0.2) is 0 Å². The standard InChI is InChI=1S/C20H21ClN4/c21-18-8-6-17(7-9-18)11-14-23-20-24-15-12-19(25-20)22-13-10-16-4-2-1-3-5-16/h1-9,12,15H,10-11,13-14H2,(H2,22,23,24,25). The van der Waals surface area contributed by atoms with Crippen LogP contribution < -0.4 is 10.6 Å². The minimum atomic E-state index is 0.638. The van der Waals surface area contributed by atoms with E-state index in [1.807, 2.05) is 36.4 Å². The fourth-order valence-corrected chi connectivity index (χ4v) is 2.62. The molecule has 0 aliphatic heterocycles. The van der Waals surface area contributed by atoms with Gasteiger partial charge in [0.2, 0.25) is 5.95 Å². The molecule has 0 aliphatic carbocycles. The minimum Gasteiger partial charge on any atom is -0.370 e. The summed E-state index contributed by atoms with van der Waals surface area (Å²) in [5.74, 6) is 1.47. The van der Waals surface area contributed by atoms with Crippen molar-refractivity contribution in [2.45, 2.75) is 12.8 Å². The maximum Gasteiger partial charge on any atom is 0.224 e. The highest BCUT2D eigenvalue weighted by atomic mass is 35.5. The van der Waals surface area contributed by atoms with E-state index in [0.717, 1.165) is 36.8 Å². The van der Waals surface area contributed by atoms with Crippen LogP contribution in [-0.4, -0.2) is 23.1 Å². The van der Waals surface area contributed by atoms with E-state index >= 15 is 0 Å². The van der Waals surface area contributed by atoms with Crippen molar-refractivity contribution in [3.8, 4) is 0 Å². The van der Waals surface area contributed by atoms with Crippen LogP contribution in [0.25, 0.3) is 0 Å². The summed E-state index contributed by atoms with van der Waals surface area (Å²) in [7, 11) is 0. The van der Waals surface area contributed by atoms with Crippen molar-refractivity contribution < 1.29 is 0 Å². The van der Waals surface area contributed by atoms with Crippen LogP contribution in [0.4, 0.5) is 11.8 Å². The average Bonchev–Trinajstić information content (AvgIpc) is 2.65. The molecule has 0 aliphatic rings. The van der Waals surface area contributed by atoms with E-state index in [2.05, 4.69) is 44.9 Å². The highest BCUT2D eigenvalue weighted by molar-refractivity contribution is 6.30. The number of benzene rings is 2. The van der Waals surface area contributed by atoms with E-state index in [4.69, 9.17) is 11.6 Å². The van der Waals surface area contributed by atoms with E-state index in [-0.39, 0.29) is 0 Å². The zero-order valence-corrected chi connectivity index (χ0v) is 14.7. The highest BCUT2D eigenvalue weighted by Crippen LogP contribution is 2.11. The van der Waals surface area contributed by atoms with Crippen LogP contribution in [-0.2, 0) is 12.8 Å². The molecule has 5 heteroatoms. The fourth-order valence-electron chi connectivity index (χ4n) is 2.49. The molecule has 0 saturated heterocycles. The summed E-state index contributed by atoms with van der Waals surface area (Å²) in [5.41, 5.74) is 2.54. The van der Waals surface area contributed by atoms with Gasteiger partial charge in [0, 0.05) is 24.3 Å². The first kappa shape index (κ1) is 17.2. The van der Waals surface area contributed by atoms with Crippen molar-refractivity contribution in [1.29, 1.82) is 0 Å².